The fourth-order valence-electron chi connectivity index (χ4n) is 3.33. The van der Waals surface area contributed by atoms with Crippen molar-refractivity contribution in [2.75, 3.05) is 28.4 Å². The number of rotatable bonds is 6. The Morgan fingerprint density at radius 2 is 1.41 bits per heavy atom. The van der Waals surface area contributed by atoms with Crippen LogP contribution in [0.5, 0.6) is 23.0 Å². The van der Waals surface area contributed by atoms with E-state index < -0.39 is 5.60 Å². The van der Waals surface area contributed by atoms with Crippen LogP contribution in [0.2, 0.25) is 0 Å². The highest BCUT2D eigenvalue weighted by atomic mass is 16.5. The van der Waals surface area contributed by atoms with Gasteiger partial charge in [-0.25, -0.2) is 0 Å². The van der Waals surface area contributed by atoms with Crippen LogP contribution in [0.1, 0.15) is 37.0 Å². The van der Waals surface area contributed by atoms with E-state index in [4.69, 9.17) is 23.7 Å². The third kappa shape index (κ3) is 3.29. The Labute approximate surface area is 160 Å². The zero-order valence-electron chi connectivity index (χ0n) is 16.7. The van der Waals surface area contributed by atoms with E-state index in [0.29, 0.717) is 23.0 Å². The Balaban J connectivity index is 2.16. The second kappa shape index (κ2) is 7.43. The zero-order valence-corrected chi connectivity index (χ0v) is 16.7. The molecule has 3 rings (SSSR count). The molecule has 1 unspecified atom stereocenters. The van der Waals surface area contributed by atoms with Gasteiger partial charge in [0.2, 0.25) is 0 Å². The summed E-state index contributed by atoms with van der Waals surface area (Å²) in [6, 6.07) is 9.76. The smallest absolute Gasteiger partial charge is 0.161 e. The van der Waals surface area contributed by atoms with Crippen LogP contribution in [-0.4, -0.2) is 28.4 Å². The van der Waals surface area contributed by atoms with Gasteiger partial charge in [-0.15, -0.1) is 0 Å². The lowest BCUT2D eigenvalue weighted by molar-refractivity contribution is 0.0485. The minimum atomic E-state index is -0.480. The van der Waals surface area contributed by atoms with Gasteiger partial charge in [0.15, 0.2) is 23.0 Å². The van der Waals surface area contributed by atoms with Crippen LogP contribution < -0.4 is 18.9 Å². The zero-order chi connectivity index (χ0) is 19.6. The maximum atomic E-state index is 6.45. The molecule has 27 heavy (non-hydrogen) atoms. The molecule has 0 saturated heterocycles. The fourth-order valence-corrected chi connectivity index (χ4v) is 3.33. The van der Waals surface area contributed by atoms with Gasteiger partial charge in [0.05, 0.1) is 28.4 Å². The van der Waals surface area contributed by atoms with Crippen LogP contribution in [0.4, 0.5) is 0 Å². The first-order valence-electron chi connectivity index (χ1n) is 8.89. The Hall–Kier alpha value is -2.82. The summed E-state index contributed by atoms with van der Waals surface area (Å²) in [6.07, 6.45) is 2.83. The highest BCUT2D eigenvalue weighted by Gasteiger charge is 2.35. The molecule has 1 heterocycles. The Morgan fingerprint density at radius 3 is 2.00 bits per heavy atom. The molecular formula is C22H26O5. The lowest BCUT2D eigenvalue weighted by Crippen LogP contribution is -2.28. The molecule has 1 atom stereocenters. The summed E-state index contributed by atoms with van der Waals surface area (Å²) < 4.78 is 28.2. The van der Waals surface area contributed by atoms with Gasteiger partial charge >= 0.3 is 0 Å². The summed E-state index contributed by atoms with van der Waals surface area (Å²) in [4.78, 5) is 0. The van der Waals surface area contributed by atoms with Crippen LogP contribution >= 0.6 is 0 Å². The van der Waals surface area contributed by atoms with Crippen molar-refractivity contribution in [1.29, 1.82) is 0 Å². The monoisotopic (exact) mass is 370 g/mol. The quantitative estimate of drug-likeness (QED) is 0.726. The first kappa shape index (κ1) is 19.0. The van der Waals surface area contributed by atoms with E-state index in [0.717, 1.165) is 28.9 Å². The topological polar surface area (TPSA) is 46.2 Å². The number of benzene rings is 2. The summed E-state index contributed by atoms with van der Waals surface area (Å²) in [7, 11) is 6.53. The number of hydrogen-bond acceptors (Lipinski definition) is 5. The average molecular weight is 370 g/mol. The van der Waals surface area contributed by atoms with E-state index in [9.17, 15) is 0 Å². The molecule has 5 nitrogen and oxygen atoms in total. The van der Waals surface area contributed by atoms with Gasteiger partial charge in [-0.1, -0.05) is 6.92 Å². The second-order valence-electron chi connectivity index (χ2n) is 6.56. The third-order valence-electron chi connectivity index (χ3n) is 5.09. The Kier molecular flexibility index (Phi) is 5.22. The molecule has 0 spiro atoms. The molecule has 0 bridgehead atoms. The maximum Gasteiger partial charge on any atom is 0.161 e. The molecule has 0 N–H and O–H groups in total. The first-order valence-corrected chi connectivity index (χ1v) is 8.89. The fraction of sp³-hybridized carbons (Fsp3) is 0.364. The molecule has 0 radical (unpaired) electrons. The molecule has 2 aromatic carbocycles. The normalized spacial score (nSPS) is 18.1. The van der Waals surface area contributed by atoms with Gasteiger partial charge in [-0.05, 0) is 55.3 Å². The van der Waals surface area contributed by atoms with Crippen LogP contribution in [0, 0.1) is 0 Å². The summed E-state index contributed by atoms with van der Waals surface area (Å²) in [6.45, 7) is 4.20. The molecule has 1 aliphatic rings. The average Bonchev–Trinajstić information content (AvgIpc) is 2.72. The lowest BCUT2D eigenvalue weighted by atomic mass is 9.85. The van der Waals surface area contributed by atoms with E-state index in [1.54, 1.807) is 28.4 Å². The SMILES string of the molecule is CCC1(C)OC(c2ccc(OC)c(OC)c2)=Cc2cc(OC)c(OC)cc21. The molecule has 0 amide bonds. The van der Waals surface area contributed by atoms with Gasteiger partial charge in [-0.2, -0.15) is 0 Å². The summed E-state index contributed by atoms with van der Waals surface area (Å²) in [5, 5.41) is 0. The van der Waals surface area contributed by atoms with Crippen LogP contribution in [-0.2, 0) is 10.3 Å². The van der Waals surface area contributed by atoms with Gasteiger partial charge in [-0.3, -0.25) is 0 Å². The van der Waals surface area contributed by atoms with Gasteiger partial charge in [0.25, 0.3) is 0 Å². The van der Waals surface area contributed by atoms with E-state index in [1.165, 1.54) is 0 Å². The first-order chi connectivity index (χ1) is 13.0. The van der Waals surface area contributed by atoms with Gasteiger partial charge in [0.1, 0.15) is 11.4 Å². The van der Waals surface area contributed by atoms with E-state index in [-0.39, 0.29) is 0 Å². The van der Waals surface area contributed by atoms with Crippen LogP contribution in [0.15, 0.2) is 30.3 Å². The summed E-state index contributed by atoms with van der Waals surface area (Å²) in [5.41, 5.74) is 2.57. The molecule has 0 saturated carbocycles. The number of fused-ring (bicyclic) bond motifs is 1. The Bertz CT molecular complexity index is 871. The number of hydrogen-bond donors (Lipinski definition) is 0. The lowest BCUT2D eigenvalue weighted by Gasteiger charge is -2.36. The molecule has 2 aromatic rings. The van der Waals surface area contributed by atoms with Crippen LogP contribution in [0.3, 0.4) is 0 Å². The molecule has 0 fully saturated rings. The number of methoxy groups -OCH3 is 4. The third-order valence-corrected chi connectivity index (χ3v) is 5.09. The van der Waals surface area contributed by atoms with Gasteiger partial charge in [0, 0.05) is 11.1 Å². The van der Waals surface area contributed by atoms with Crippen molar-refractivity contribution in [3.05, 3.63) is 47.0 Å². The molecule has 5 heteroatoms. The van der Waals surface area contributed by atoms with Crippen molar-refractivity contribution < 1.29 is 23.7 Å². The molecule has 144 valence electrons. The molecule has 1 aliphatic heterocycles. The minimum absolute atomic E-state index is 0.480. The van der Waals surface area contributed by atoms with Crippen molar-refractivity contribution in [2.45, 2.75) is 25.9 Å². The summed E-state index contributed by atoms with van der Waals surface area (Å²) in [5.74, 6) is 3.51. The van der Waals surface area contributed by atoms with E-state index in [2.05, 4.69) is 13.8 Å². The minimum Gasteiger partial charge on any atom is -0.493 e. The van der Waals surface area contributed by atoms with E-state index >= 15 is 0 Å². The summed E-state index contributed by atoms with van der Waals surface area (Å²) >= 11 is 0. The largest absolute Gasteiger partial charge is 0.493 e. The van der Waals surface area contributed by atoms with Crippen molar-refractivity contribution in [3.8, 4) is 23.0 Å². The molecule has 0 aliphatic carbocycles. The van der Waals surface area contributed by atoms with Crippen molar-refractivity contribution in [1.82, 2.24) is 0 Å². The van der Waals surface area contributed by atoms with E-state index in [1.807, 2.05) is 36.4 Å². The van der Waals surface area contributed by atoms with Gasteiger partial charge < -0.3 is 23.7 Å². The highest BCUT2D eigenvalue weighted by Crippen LogP contribution is 2.46. The highest BCUT2D eigenvalue weighted by molar-refractivity contribution is 5.82. The molecule has 0 aromatic heterocycles. The van der Waals surface area contributed by atoms with Crippen molar-refractivity contribution in [3.63, 3.8) is 0 Å². The predicted octanol–water partition coefficient (Wildman–Crippen LogP) is 4.87. The van der Waals surface area contributed by atoms with Crippen LogP contribution in [0.25, 0.3) is 11.8 Å². The standard InChI is InChI=1S/C22H26O5/c1-7-22(2)16-13-21(26-6)20(25-5)12-15(16)11-18(27-22)14-8-9-17(23-3)19(10-14)24-4/h8-13H,7H2,1-6H3. The second-order valence-corrected chi connectivity index (χ2v) is 6.56. The molecular weight excluding hydrogens is 344 g/mol. The van der Waals surface area contributed by atoms with Crippen molar-refractivity contribution >= 4 is 11.8 Å². The van der Waals surface area contributed by atoms with Crippen molar-refractivity contribution in [2.24, 2.45) is 0 Å². The maximum absolute atomic E-state index is 6.45. The predicted molar refractivity (Wildman–Crippen MR) is 106 cm³/mol. The Morgan fingerprint density at radius 1 is 0.815 bits per heavy atom. The number of ether oxygens (including phenoxy) is 5.